The summed E-state index contributed by atoms with van der Waals surface area (Å²) in [5.41, 5.74) is 4.93. The number of benzene rings is 2. The minimum atomic E-state index is 0.140. The van der Waals surface area contributed by atoms with Gasteiger partial charge in [0.05, 0.1) is 6.61 Å². The summed E-state index contributed by atoms with van der Waals surface area (Å²) in [5.74, 6) is 0.140. The van der Waals surface area contributed by atoms with Crippen LogP contribution in [-0.4, -0.2) is 11.7 Å². The van der Waals surface area contributed by atoms with Gasteiger partial charge in [-0.05, 0) is 22.3 Å². The van der Waals surface area contributed by atoms with Crippen molar-refractivity contribution in [3.8, 4) is 0 Å². The van der Waals surface area contributed by atoms with Crippen molar-refractivity contribution in [1.29, 1.82) is 0 Å². The maximum absolute atomic E-state index is 9.43. The molecular weight excluding hydrogens is 208 g/mol. The molecule has 1 heteroatoms. The molecule has 0 fully saturated rings. The Balaban J connectivity index is 2.13. The molecule has 0 heterocycles. The van der Waals surface area contributed by atoms with E-state index in [9.17, 15) is 5.11 Å². The van der Waals surface area contributed by atoms with Crippen molar-refractivity contribution in [1.82, 2.24) is 0 Å². The molecule has 0 aliphatic heterocycles. The van der Waals surface area contributed by atoms with Crippen molar-refractivity contribution in [2.45, 2.75) is 5.92 Å². The molecule has 0 radical (unpaired) electrons. The van der Waals surface area contributed by atoms with E-state index in [4.69, 9.17) is 0 Å². The van der Waals surface area contributed by atoms with Crippen LogP contribution in [0.2, 0.25) is 0 Å². The molecule has 2 aromatic carbocycles. The van der Waals surface area contributed by atoms with Gasteiger partial charge >= 0.3 is 0 Å². The third-order valence-corrected chi connectivity index (χ3v) is 3.30. The fourth-order valence-electron chi connectivity index (χ4n) is 2.47. The first-order valence-corrected chi connectivity index (χ1v) is 5.87. The normalized spacial score (nSPS) is 17.7. The van der Waals surface area contributed by atoms with Crippen molar-refractivity contribution in [2.24, 2.45) is 0 Å². The SMILES string of the molecule is OCC1C=C(c2ccccc2)c2ccccc21. The second-order valence-corrected chi connectivity index (χ2v) is 4.32. The van der Waals surface area contributed by atoms with Crippen molar-refractivity contribution < 1.29 is 5.11 Å². The van der Waals surface area contributed by atoms with Crippen LogP contribution in [0, 0.1) is 0 Å². The molecule has 0 saturated heterocycles. The van der Waals surface area contributed by atoms with Gasteiger partial charge in [0.1, 0.15) is 0 Å². The zero-order valence-electron chi connectivity index (χ0n) is 9.51. The maximum atomic E-state index is 9.43. The van der Waals surface area contributed by atoms with Crippen LogP contribution in [0.3, 0.4) is 0 Å². The molecular formula is C16H14O. The predicted molar refractivity (Wildman–Crippen MR) is 69.8 cm³/mol. The van der Waals surface area contributed by atoms with E-state index in [2.05, 4.69) is 36.4 Å². The van der Waals surface area contributed by atoms with E-state index in [1.165, 1.54) is 22.3 Å². The van der Waals surface area contributed by atoms with Crippen LogP contribution in [0.5, 0.6) is 0 Å². The highest BCUT2D eigenvalue weighted by Gasteiger charge is 2.22. The Morgan fingerprint density at radius 2 is 1.59 bits per heavy atom. The molecule has 0 spiro atoms. The first-order valence-electron chi connectivity index (χ1n) is 5.87. The third-order valence-electron chi connectivity index (χ3n) is 3.30. The second-order valence-electron chi connectivity index (χ2n) is 4.32. The van der Waals surface area contributed by atoms with Crippen molar-refractivity contribution >= 4 is 5.57 Å². The third kappa shape index (κ3) is 1.69. The van der Waals surface area contributed by atoms with E-state index in [1.54, 1.807) is 0 Å². The van der Waals surface area contributed by atoms with Gasteiger partial charge in [-0.1, -0.05) is 60.7 Å². The van der Waals surface area contributed by atoms with Gasteiger partial charge < -0.3 is 5.11 Å². The van der Waals surface area contributed by atoms with Gasteiger partial charge in [-0.3, -0.25) is 0 Å². The van der Waals surface area contributed by atoms with Crippen LogP contribution in [0.4, 0.5) is 0 Å². The number of hydrogen-bond donors (Lipinski definition) is 1. The summed E-state index contributed by atoms with van der Waals surface area (Å²) in [6.45, 7) is 0.174. The van der Waals surface area contributed by atoms with Crippen LogP contribution in [-0.2, 0) is 0 Å². The Morgan fingerprint density at radius 1 is 0.882 bits per heavy atom. The smallest absolute Gasteiger partial charge is 0.0535 e. The summed E-state index contributed by atoms with van der Waals surface area (Å²) in [6, 6.07) is 18.7. The highest BCUT2D eigenvalue weighted by molar-refractivity contribution is 5.85. The first kappa shape index (κ1) is 10.3. The van der Waals surface area contributed by atoms with Crippen molar-refractivity contribution in [2.75, 3.05) is 6.61 Å². The highest BCUT2D eigenvalue weighted by Crippen LogP contribution is 2.38. The summed E-state index contributed by atoms with van der Waals surface area (Å²) >= 11 is 0. The minimum absolute atomic E-state index is 0.140. The molecule has 1 atom stereocenters. The number of rotatable bonds is 2. The molecule has 1 aliphatic carbocycles. The lowest BCUT2D eigenvalue weighted by Gasteiger charge is -2.07. The number of hydrogen-bond acceptors (Lipinski definition) is 1. The largest absolute Gasteiger partial charge is 0.395 e. The van der Waals surface area contributed by atoms with Crippen LogP contribution in [0.1, 0.15) is 22.6 Å². The van der Waals surface area contributed by atoms with Gasteiger partial charge in [0.25, 0.3) is 0 Å². The Morgan fingerprint density at radius 3 is 2.35 bits per heavy atom. The van der Waals surface area contributed by atoms with Gasteiger partial charge in [-0.25, -0.2) is 0 Å². The number of fused-ring (bicyclic) bond motifs is 1. The molecule has 0 saturated carbocycles. The molecule has 84 valence electrons. The van der Waals surface area contributed by atoms with E-state index in [0.29, 0.717) is 0 Å². The summed E-state index contributed by atoms with van der Waals surface area (Å²) < 4.78 is 0. The fourth-order valence-corrected chi connectivity index (χ4v) is 2.47. The molecule has 1 aliphatic rings. The van der Waals surface area contributed by atoms with Crippen LogP contribution in [0.25, 0.3) is 5.57 Å². The quantitative estimate of drug-likeness (QED) is 0.827. The molecule has 2 aromatic rings. The first-order chi connectivity index (χ1) is 8.40. The lowest BCUT2D eigenvalue weighted by Crippen LogP contribution is -1.97. The molecule has 17 heavy (non-hydrogen) atoms. The zero-order chi connectivity index (χ0) is 11.7. The Labute approximate surface area is 101 Å². The van der Waals surface area contributed by atoms with Gasteiger partial charge in [0.2, 0.25) is 0 Å². The fraction of sp³-hybridized carbons (Fsp3) is 0.125. The van der Waals surface area contributed by atoms with Crippen LogP contribution in [0.15, 0.2) is 60.7 Å². The summed E-state index contributed by atoms with van der Waals surface area (Å²) in [7, 11) is 0. The van der Waals surface area contributed by atoms with Gasteiger partial charge in [-0.2, -0.15) is 0 Å². The van der Waals surface area contributed by atoms with Gasteiger partial charge in [-0.15, -0.1) is 0 Å². The average molecular weight is 222 g/mol. The van der Waals surface area contributed by atoms with E-state index in [-0.39, 0.29) is 12.5 Å². The maximum Gasteiger partial charge on any atom is 0.0535 e. The van der Waals surface area contributed by atoms with Gasteiger partial charge in [0.15, 0.2) is 0 Å². The number of aliphatic hydroxyl groups excluding tert-OH is 1. The van der Waals surface area contributed by atoms with E-state index in [1.807, 2.05) is 24.3 Å². The molecule has 0 amide bonds. The van der Waals surface area contributed by atoms with Gasteiger partial charge in [0, 0.05) is 5.92 Å². The molecule has 1 N–H and O–H groups in total. The van der Waals surface area contributed by atoms with Crippen molar-refractivity contribution in [3.63, 3.8) is 0 Å². The minimum Gasteiger partial charge on any atom is -0.395 e. The summed E-state index contributed by atoms with van der Waals surface area (Å²) in [6.07, 6.45) is 2.17. The molecule has 1 unspecified atom stereocenters. The zero-order valence-corrected chi connectivity index (χ0v) is 9.51. The van der Waals surface area contributed by atoms with E-state index in [0.717, 1.165) is 0 Å². The molecule has 1 nitrogen and oxygen atoms in total. The van der Waals surface area contributed by atoms with Crippen LogP contribution < -0.4 is 0 Å². The highest BCUT2D eigenvalue weighted by atomic mass is 16.3. The molecule has 0 bridgehead atoms. The van der Waals surface area contributed by atoms with Crippen LogP contribution >= 0.6 is 0 Å². The molecule has 3 rings (SSSR count). The summed E-state index contributed by atoms with van der Waals surface area (Å²) in [4.78, 5) is 0. The Hall–Kier alpha value is -1.86. The van der Waals surface area contributed by atoms with Crippen molar-refractivity contribution in [3.05, 3.63) is 77.4 Å². The summed E-state index contributed by atoms with van der Waals surface area (Å²) in [5, 5.41) is 9.43. The number of aliphatic hydroxyl groups is 1. The predicted octanol–water partition coefficient (Wildman–Crippen LogP) is 3.21. The van der Waals surface area contributed by atoms with E-state index < -0.39 is 0 Å². The lowest BCUT2D eigenvalue weighted by molar-refractivity contribution is 0.284. The average Bonchev–Trinajstić information content (AvgIpc) is 2.78. The molecule has 0 aromatic heterocycles. The standard InChI is InChI=1S/C16H14O/c17-11-13-10-16(12-6-2-1-3-7-12)15-9-5-4-8-14(13)15/h1-10,13,17H,11H2. The second kappa shape index (κ2) is 4.19. The van der Waals surface area contributed by atoms with E-state index >= 15 is 0 Å². The Kier molecular flexibility index (Phi) is 2.54. The monoisotopic (exact) mass is 222 g/mol. The topological polar surface area (TPSA) is 20.2 Å². The lowest BCUT2D eigenvalue weighted by atomic mass is 9.98. The Bertz CT molecular complexity index is 555.